The molecule has 0 atom stereocenters. The van der Waals surface area contributed by atoms with Crippen LogP contribution in [0.1, 0.15) is 6.42 Å². The van der Waals surface area contributed by atoms with Crippen molar-refractivity contribution in [1.82, 2.24) is 0 Å². The minimum Gasteiger partial charge on any atom is -0.364 e. The third-order valence-electron chi connectivity index (χ3n) is 0.738. The average Bonchev–Trinajstić information content (AvgIpc) is 1.78. The Morgan fingerprint density at radius 3 is 2.50 bits per heavy atom. The van der Waals surface area contributed by atoms with Gasteiger partial charge in [-0.3, -0.25) is 4.57 Å². The SMILES string of the molecule is O=NOCCCP(=O)(O)O. The van der Waals surface area contributed by atoms with Gasteiger partial charge in [0.15, 0.2) is 5.34 Å². The lowest BCUT2D eigenvalue weighted by Gasteiger charge is -2.00. The molecule has 0 saturated carbocycles. The van der Waals surface area contributed by atoms with E-state index in [-0.39, 0.29) is 19.2 Å². The second kappa shape index (κ2) is 4.38. The highest BCUT2D eigenvalue weighted by atomic mass is 31.2. The fourth-order valence-electron chi connectivity index (χ4n) is 0.372. The molecule has 60 valence electrons. The molecule has 0 unspecified atom stereocenters. The molecule has 6 nitrogen and oxygen atoms in total. The van der Waals surface area contributed by atoms with Gasteiger partial charge in [0.1, 0.15) is 6.61 Å². The molecule has 0 amide bonds. The largest absolute Gasteiger partial charge is 0.364 e. The molecule has 0 fully saturated rings. The Balaban J connectivity index is 3.20. The highest BCUT2D eigenvalue weighted by molar-refractivity contribution is 7.51. The van der Waals surface area contributed by atoms with Crippen molar-refractivity contribution in [2.75, 3.05) is 12.8 Å². The zero-order valence-electron chi connectivity index (χ0n) is 5.13. The predicted octanol–water partition coefficient (Wildman–Crippen LogP) is 0.252. The van der Waals surface area contributed by atoms with E-state index in [2.05, 4.69) is 10.2 Å². The molecule has 10 heavy (non-hydrogen) atoms. The molecule has 0 aromatic heterocycles. The molecule has 0 radical (unpaired) electrons. The molecule has 0 saturated heterocycles. The predicted molar refractivity (Wildman–Crippen MR) is 33.3 cm³/mol. The van der Waals surface area contributed by atoms with Gasteiger partial charge in [0.2, 0.25) is 0 Å². The van der Waals surface area contributed by atoms with Gasteiger partial charge in [-0.15, -0.1) is 4.91 Å². The summed E-state index contributed by atoms with van der Waals surface area (Å²) in [6, 6.07) is 0. The van der Waals surface area contributed by atoms with Crippen LogP contribution in [0.2, 0.25) is 0 Å². The third-order valence-corrected chi connectivity index (χ3v) is 1.64. The van der Waals surface area contributed by atoms with Crippen molar-refractivity contribution in [3.05, 3.63) is 4.91 Å². The number of hydrogen-bond donors (Lipinski definition) is 2. The van der Waals surface area contributed by atoms with Crippen LogP contribution in [-0.2, 0) is 9.40 Å². The fraction of sp³-hybridized carbons (Fsp3) is 1.00. The molecule has 0 heterocycles. The van der Waals surface area contributed by atoms with Gasteiger partial charge < -0.3 is 14.6 Å². The summed E-state index contributed by atoms with van der Waals surface area (Å²) in [7, 11) is -3.93. The van der Waals surface area contributed by atoms with Crippen LogP contribution in [0.25, 0.3) is 0 Å². The van der Waals surface area contributed by atoms with E-state index in [1.54, 1.807) is 0 Å². The summed E-state index contributed by atoms with van der Waals surface area (Å²) >= 11 is 0. The van der Waals surface area contributed by atoms with Crippen LogP contribution in [0.15, 0.2) is 5.34 Å². The quantitative estimate of drug-likeness (QED) is 0.266. The van der Waals surface area contributed by atoms with Gasteiger partial charge in [-0.05, 0) is 6.42 Å². The van der Waals surface area contributed by atoms with Gasteiger partial charge in [0, 0.05) is 0 Å². The lowest BCUT2D eigenvalue weighted by molar-refractivity contribution is 0.139. The smallest absolute Gasteiger partial charge is 0.325 e. The van der Waals surface area contributed by atoms with Crippen LogP contribution in [-0.4, -0.2) is 22.6 Å². The van der Waals surface area contributed by atoms with E-state index in [0.717, 1.165) is 0 Å². The van der Waals surface area contributed by atoms with Gasteiger partial charge in [-0.2, -0.15) is 0 Å². The minimum absolute atomic E-state index is 0.0470. The first-order valence-corrected chi connectivity index (χ1v) is 4.35. The van der Waals surface area contributed by atoms with Crippen molar-refractivity contribution in [2.45, 2.75) is 6.42 Å². The highest BCUT2D eigenvalue weighted by Gasteiger charge is 2.11. The average molecular weight is 169 g/mol. The Kier molecular flexibility index (Phi) is 4.18. The second-order valence-corrected chi connectivity index (χ2v) is 3.43. The van der Waals surface area contributed by atoms with E-state index in [9.17, 15) is 9.47 Å². The van der Waals surface area contributed by atoms with Gasteiger partial charge in [-0.25, -0.2) is 0 Å². The molecule has 0 rings (SSSR count). The van der Waals surface area contributed by atoms with E-state index in [1.165, 1.54) is 0 Å². The van der Waals surface area contributed by atoms with Crippen LogP contribution in [0.5, 0.6) is 0 Å². The fourth-order valence-corrected chi connectivity index (χ4v) is 0.913. The van der Waals surface area contributed by atoms with Gasteiger partial charge in [-0.1, -0.05) is 0 Å². The van der Waals surface area contributed by atoms with Crippen LogP contribution >= 0.6 is 7.60 Å². The van der Waals surface area contributed by atoms with Crippen molar-refractivity contribution in [3.8, 4) is 0 Å². The molecule has 0 aromatic rings. The highest BCUT2D eigenvalue weighted by Crippen LogP contribution is 2.34. The zero-order chi connectivity index (χ0) is 8.04. The number of hydrogen-bond acceptors (Lipinski definition) is 4. The first kappa shape index (κ1) is 9.55. The lowest BCUT2D eigenvalue weighted by Crippen LogP contribution is -1.93. The Labute approximate surface area is 57.3 Å². The molecule has 0 aliphatic heterocycles. The Morgan fingerprint density at radius 1 is 1.50 bits per heavy atom. The number of rotatable bonds is 5. The summed E-state index contributed by atoms with van der Waals surface area (Å²) in [5.41, 5.74) is 0. The maximum atomic E-state index is 10.1. The van der Waals surface area contributed by atoms with Crippen molar-refractivity contribution >= 4 is 7.60 Å². The van der Waals surface area contributed by atoms with Gasteiger partial charge in [0.25, 0.3) is 0 Å². The van der Waals surface area contributed by atoms with Crippen molar-refractivity contribution in [3.63, 3.8) is 0 Å². The number of nitrogens with zero attached hydrogens (tertiary/aromatic N) is 1. The lowest BCUT2D eigenvalue weighted by atomic mass is 10.5. The van der Waals surface area contributed by atoms with Gasteiger partial charge >= 0.3 is 7.60 Å². The molecule has 7 heteroatoms. The summed E-state index contributed by atoms with van der Waals surface area (Å²) < 4.78 is 10.1. The monoisotopic (exact) mass is 169 g/mol. The first-order valence-electron chi connectivity index (χ1n) is 2.55. The zero-order valence-corrected chi connectivity index (χ0v) is 6.03. The molecule has 0 aliphatic carbocycles. The van der Waals surface area contributed by atoms with Crippen molar-refractivity contribution < 1.29 is 19.2 Å². The summed E-state index contributed by atoms with van der Waals surface area (Å²) in [6.07, 6.45) is -0.140. The van der Waals surface area contributed by atoms with E-state index in [4.69, 9.17) is 9.79 Å². The van der Waals surface area contributed by atoms with Crippen molar-refractivity contribution in [2.24, 2.45) is 5.34 Å². The van der Waals surface area contributed by atoms with E-state index < -0.39 is 7.60 Å². The minimum atomic E-state index is -3.93. The van der Waals surface area contributed by atoms with E-state index in [1.807, 2.05) is 0 Å². The summed E-state index contributed by atoms with van der Waals surface area (Å²) in [6.45, 7) is -0.0470. The Morgan fingerprint density at radius 2 is 2.10 bits per heavy atom. The molecule has 2 N–H and O–H groups in total. The molecule has 0 spiro atoms. The van der Waals surface area contributed by atoms with Crippen LogP contribution in [0.3, 0.4) is 0 Å². The third kappa shape index (κ3) is 7.55. The van der Waals surface area contributed by atoms with Gasteiger partial charge in [0.05, 0.1) is 6.16 Å². The molecular formula is C3H8NO5P. The maximum Gasteiger partial charge on any atom is 0.325 e. The van der Waals surface area contributed by atoms with E-state index >= 15 is 0 Å². The summed E-state index contributed by atoms with van der Waals surface area (Å²) in [5.74, 6) is 0. The molecule has 0 aliphatic rings. The van der Waals surface area contributed by atoms with E-state index in [0.29, 0.717) is 0 Å². The van der Waals surface area contributed by atoms with Crippen LogP contribution in [0, 0.1) is 4.91 Å². The normalized spacial score (nSPS) is 11.0. The topological polar surface area (TPSA) is 96.2 Å². The summed E-state index contributed by atoms with van der Waals surface area (Å²) in [4.78, 5) is 29.7. The van der Waals surface area contributed by atoms with Crippen molar-refractivity contribution in [1.29, 1.82) is 0 Å². The molecule has 0 bridgehead atoms. The van der Waals surface area contributed by atoms with Crippen LogP contribution < -0.4 is 0 Å². The maximum absolute atomic E-state index is 10.1. The summed E-state index contributed by atoms with van der Waals surface area (Å²) in [5, 5.41) is 2.05. The standard InChI is InChI=1S/C3H8NO5P/c5-4-9-2-1-3-10(6,7)8/h1-3H2,(H2,6,7,8). The molecular weight excluding hydrogens is 161 g/mol. The second-order valence-electron chi connectivity index (χ2n) is 1.65. The van der Waals surface area contributed by atoms with Crippen LogP contribution in [0.4, 0.5) is 0 Å². The first-order chi connectivity index (χ1) is 4.56. The Hall–Kier alpha value is -0.450. The molecule has 0 aromatic carbocycles. The Bertz CT molecular complexity index is 142.